The van der Waals surface area contributed by atoms with Gasteiger partial charge in [0.15, 0.2) is 0 Å². The van der Waals surface area contributed by atoms with Crippen molar-refractivity contribution in [3.8, 4) is 5.75 Å². The summed E-state index contributed by atoms with van der Waals surface area (Å²) >= 11 is 5.92. The molecule has 6 heteroatoms. The lowest BCUT2D eigenvalue weighted by Gasteiger charge is -2.09. The Kier molecular flexibility index (Phi) is 7.61. The van der Waals surface area contributed by atoms with Crippen LogP contribution in [0.5, 0.6) is 5.75 Å². The molecule has 5 nitrogen and oxygen atoms in total. The van der Waals surface area contributed by atoms with Gasteiger partial charge in [0, 0.05) is 6.54 Å². The van der Waals surface area contributed by atoms with E-state index in [2.05, 4.69) is 5.32 Å². The SMILES string of the molecule is CC(CCCNC(=O)CCOc1ccccc1Cl)C(=O)O. The number of ether oxygens (including phenoxy) is 1. The molecule has 0 saturated carbocycles. The van der Waals surface area contributed by atoms with Gasteiger partial charge in [0.25, 0.3) is 0 Å². The molecule has 0 fully saturated rings. The number of carboxylic acids is 1. The summed E-state index contributed by atoms with van der Waals surface area (Å²) < 4.78 is 5.41. The third-order valence-electron chi connectivity index (χ3n) is 2.98. The number of amides is 1. The third kappa shape index (κ3) is 6.99. The number of hydrogen-bond donors (Lipinski definition) is 2. The lowest BCUT2D eigenvalue weighted by Crippen LogP contribution is -2.26. The smallest absolute Gasteiger partial charge is 0.306 e. The highest BCUT2D eigenvalue weighted by Gasteiger charge is 2.10. The number of halogens is 1. The molecule has 0 spiro atoms. The predicted molar refractivity (Wildman–Crippen MR) is 80.6 cm³/mol. The minimum atomic E-state index is -0.811. The molecule has 1 aromatic carbocycles. The monoisotopic (exact) mass is 313 g/mol. The van der Waals surface area contributed by atoms with Crippen molar-refractivity contribution in [3.63, 3.8) is 0 Å². The lowest BCUT2D eigenvalue weighted by molar-refractivity contribution is -0.141. The average molecular weight is 314 g/mol. The van der Waals surface area contributed by atoms with Crippen molar-refractivity contribution in [3.05, 3.63) is 29.3 Å². The van der Waals surface area contributed by atoms with E-state index in [4.69, 9.17) is 21.4 Å². The Labute approximate surface area is 129 Å². The Hall–Kier alpha value is -1.75. The van der Waals surface area contributed by atoms with Gasteiger partial charge in [-0.2, -0.15) is 0 Å². The van der Waals surface area contributed by atoms with E-state index in [-0.39, 0.29) is 24.9 Å². The third-order valence-corrected chi connectivity index (χ3v) is 3.29. The summed E-state index contributed by atoms with van der Waals surface area (Å²) in [5, 5.41) is 12.0. The van der Waals surface area contributed by atoms with Crippen molar-refractivity contribution >= 4 is 23.5 Å². The van der Waals surface area contributed by atoms with Crippen LogP contribution in [0.25, 0.3) is 0 Å². The number of hydrogen-bond acceptors (Lipinski definition) is 3. The zero-order valence-corrected chi connectivity index (χ0v) is 12.7. The van der Waals surface area contributed by atoms with Crippen LogP contribution in [0.1, 0.15) is 26.2 Å². The number of benzene rings is 1. The van der Waals surface area contributed by atoms with E-state index in [1.54, 1.807) is 25.1 Å². The van der Waals surface area contributed by atoms with Gasteiger partial charge in [0.2, 0.25) is 5.91 Å². The second-order valence-corrected chi connectivity index (χ2v) is 5.17. The summed E-state index contributed by atoms with van der Waals surface area (Å²) in [7, 11) is 0. The van der Waals surface area contributed by atoms with Crippen LogP contribution >= 0.6 is 11.6 Å². The van der Waals surface area contributed by atoms with Crippen LogP contribution < -0.4 is 10.1 Å². The zero-order chi connectivity index (χ0) is 15.7. The second kappa shape index (κ2) is 9.23. The molecule has 1 atom stereocenters. The standard InChI is InChI=1S/C15H20ClNO4/c1-11(15(19)20)5-4-9-17-14(18)8-10-21-13-7-3-2-6-12(13)16/h2-3,6-7,11H,4-5,8-10H2,1H3,(H,17,18)(H,19,20). The largest absolute Gasteiger partial charge is 0.491 e. The highest BCUT2D eigenvalue weighted by molar-refractivity contribution is 6.32. The second-order valence-electron chi connectivity index (χ2n) is 4.76. The number of nitrogens with one attached hydrogen (secondary N) is 1. The molecule has 0 radical (unpaired) electrons. The fourth-order valence-corrected chi connectivity index (χ4v) is 1.85. The summed E-state index contributed by atoms with van der Waals surface area (Å²) in [6.45, 7) is 2.38. The van der Waals surface area contributed by atoms with Crippen LogP contribution in [0, 0.1) is 5.92 Å². The minimum absolute atomic E-state index is 0.120. The first kappa shape index (κ1) is 17.3. The van der Waals surface area contributed by atoms with E-state index in [1.807, 2.05) is 6.07 Å². The summed E-state index contributed by atoms with van der Waals surface area (Å²) in [5.41, 5.74) is 0. The highest BCUT2D eigenvalue weighted by Crippen LogP contribution is 2.22. The highest BCUT2D eigenvalue weighted by atomic mass is 35.5. The number of carbonyl (C=O) groups is 2. The molecule has 0 aliphatic heterocycles. The van der Waals surface area contributed by atoms with Crippen LogP contribution in [-0.2, 0) is 9.59 Å². The quantitative estimate of drug-likeness (QED) is 0.687. The molecule has 1 amide bonds. The van der Waals surface area contributed by atoms with Gasteiger partial charge in [0.1, 0.15) is 5.75 Å². The van der Waals surface area contributed by atoms with Crippen molar-refractivity contribution in [2.75, 3.05) is 13.2 Å². The molecular weight excluding hydrogens is 294 g/mol. The molecule has 0 aliphatic carbocycles. The molecule has 1 unspecified atom stereocenters. The number of aliphatic carboxylic acids is 1. The molecule has 1 rings (SSSR count). The summed E-state index contributed by atoms with van der Waals surface area (Å²) in [5.74, 6) is -0.757. The van der Waals surface area contributed by atoms with Crippen molar-refractivity contribution in [2.24, 2.45) is 5.92 Å². The van der Waals surface area contributed by atoms with Crippen LogP contribution in [0.2, 0.25) is 5.02 Å². The molecule has 116 valence electrons. The maximum atomic E-state index is 11.6. The Balaban J connectivity index is 2.12. The summed E-state index contributed by atoms with van der Waals surface area (Å²) in [6, 6.07) is 7.08. The van der Waals surface area contributed by atoms with Gasteiger partial charge in [-0.15, -0.1) is 0 Å². The summed E-state index contributed by atoms with van der Waals surface area (Å²) in [6.07, 6.45) is 1.43. The van der Waals surface area contributed by atoms with E-state index < -0.39 is 5.97 Å². The van der Waals surface area contributed by atoms with Gasteiger partial charge in [-0.1, -0.05) is 30.7 Å². The maximum absolute atomic E-state index is 11.6. The normalized spacial score (nSPS) is 11.7. The minimum Gasteiger partial charge on any atom is -0.491 e. The first-order chi connectivity index (χ1) is 10.0. The van der Waals surface area contributed by atoms with Crippen molar-refractivity contribution in [2.45, 2.75) is 26.2 Å². The first-order valence-electron chi connectivity index (χ1n) is 6.87. The van der Waals surface area contributed by atoms with Crippen molar-refractivity contribution in [1.29, 1.82) is 0 Å². The van der Waals surface area contributed by atoms with E-state index >= 15 is 0 Å². The number of carbonyl (C=O) groups excluding carboxylic acids is 1. The van der Waals surface area contributed by atoms with Gasteiger partial charge >= 0.3 is 5.97 Å². The van der Waals surface area contributed by atoms with Crippen molar-refractivity contribution < 1.29 is 19.4 Å². The number of rotatable bonds is 9. The Bertz CT molecular complexity index is 478. The molecule has 21 heavy (non-hydrogen) atoms. The van der Waals surface area contributed by atoms with Gasteiger partial charge in [0.05, 0.1) is 24.0 Å². The van der Waals surface area contributed by atoms with Crippen LogP contribution in [-0.4, -0.2) is 30.1 Å². The molecule has 0 aliphatic rings. The van der Waals surface area contributed by atoms with Crippen molar-refractivity contribution in [1.82, 2.24) is 5.32 Å². The van der Waals surface area contributed by atoms with Crippen LogP contribution in [0.4, 0.5) is 0 Å². The van der Waals surface area contributed by atoms with Crippen LogP contribution in [0.3, 0.4) is 0 Å². The fraction of sp³-hybridized carbons (Fsp3) is 0.467. The number of carboxylic acid groups (broad SMARTS) is 1. The molecular formula is C15H20ClNO4. The zero-order valence-electron chi connectivity index (χ0n) is 12.0. The van der Waals surface area contributed by atoms with Crippen LogP contribution in [0.15, 0.2) is 24.3 Å². The Morgan fingerprint density at radius 2 is 2.10 bits per heavy atom. The molecule has 0 saturated heterocycles. The van der Waals surface area contributed by atoms with E-state index in [0.29, 0.717) is 30.2 Å². The number of para-hydroxylation sites is 1. The van der Waals surface area contributed by atoms with Gasteiger partial charge in [-0.05, 0) is 25.0 Å². The van der Waals surface area contributed by atoms with E-state index in [9.17, 15) is 9.59 Å². The molecule has 2 N–H and O–H groups in total. The van der Waals surface area contributed by atoms with Gasteiger partial charge in [-0.25, -0.2) is 0 Å². The lowest BCUT2D eigenvalue weighted by atomic mass is 10.1. The topological polar surface area (TPSA) is 75.6 Å². The van der Waals surface area contributed by atoms with E-state index in [1.165, 1.54) is 0 Å². The predicted octanol–water partition coefficient (Wildman–Crippen LogP) is 2.73. The molecule has 0 heterocycles. The van der Waals surface area contributed by atoms with Gasteiger partial charge in [-0.3, -0.25) is 9.59 Å². The maximum Gasteiger partial charge on any atom is 0.306 e. The van der Waals surface area contributed by atoms with E-state index in [0.717, 1.165) is 0 Å². The summed E-state index contributed by atoms with van der Waals surface area (Å²) in [4.78, 5) is 22.2. The van der Waals surface area contributed by atoms with Gasteiger partial charge < -0.3 is 15.2 Å². The Morgan fingerprint density at radius 1 is 1.38 bits per heavy atom. The fourth-order valence-electron chi connectivity index (χ4n) is 1.66. The molecule has 1 aromatic rings. The first-order valence-corrected chi connectivity index (χ1v) is 7.25. The molecule has 0 bridgehead atoms. The Morgan fingerprint density at radius 3 is 2.76 bits per heavy atom. The average Bonchev–Trinajstić information content (AvgIpc) is 2.45. The molecule has 0 aromatic heterocycles.